The van der Waals surface area contributed by atoms with Crippen LogP contribution in [0.1, 0.15) is 26.2 Å². The van der Waals surface area contributed by atoms with E-state index in [4.69, 9.17) is 4.74 Å². The van der Waals surface area contributed by atoms with E-state index >= 15 is 0 Å². The van der Waals surface area contributed by atoms with Crippen molar-refractivity contribution in [2.75, 3.05) is 32.8 Å². The van der Waals surface area contributed by atoms with Crippen molar-refractivity contribution >= 4 is 5.78 Å². The molecule has 0 N–H and O–H groups in total. The quantitative estimate of drug-likeness (QED) is 0.580. The van der Waals surface area contributed by atoms with Crippen LogP contribution < -0.4 is 0 Å². The summed E-state index contributed by atoms with van der Waals surface area (Å²) >= 11 is 0. The van der Waals surface area contributed by atoms with E-state index in [2.05, 4.69) is 4.90 Å². The van der Waals surface area contributed by atoms with Crippen LogP contribution in [0, 0.1) is 0 Å². The molecule has 0 saturated carbocycles. The first-order valence-corrected chi connectivity index (χ1v) is 5.14. The van der Waals surface area contributed by atoms with Crippen molar-refractivity contribution in [1.82, 2.24) is 4.90 Å². The number of ketones is 1. The van der Waals surface area contributed by atoms with Crippen molar-refractivity contribution in [3.8, 4) is 0 Å². The second-order valence-electron chi connectivity index (χ2n) is 3.57. The summed E-state index contributed by atoms with van der Waals surface area (Å²) in [4.78, 5) is 13.5. The summed E-state index contributed by atoms with van der Waals surface area (Å²) in [6.07, 6.45) is 3.46. The third-order valence-electron chi connectivity index (χ3n) is 2.21. The van der Waals surface area contributed by atoms with E-state index in [1.165, 1.54) is 12.8 Å². The number of likely N-dealkylation sites (tertiary alicyclic amines) is 1. The third kappa shape index (κ3) is 4.39. The fourth-order valence-corrected chi connectivity index (χ4v) is 1.57. The lowest BCUT2D eigenvalue weighted by molar-refractivity contribution is -0.124. The Hall–Kier alpha value is -0.410. The average molecular weight is 185 g/mol. The molecule has 0 amide bonds. The summed E-state index contributed by atoms with van der Waals surface area (Å²) in [6.45, 7) is 5.80. The van der Waals surface area contributed by atoms with Crippen molar-refractivity contribution in [2.24, 2.45) is 0 Å². The second-order valence-corrected chi connectivity index (χ2v) is 3.57. The van der Waals surface area contributed by atoms with Crippen molar-refractivity contribution in [1.29, 1.82) is 0 Å². The molecule has 0 aromatic heterocycles. The summed E-state index contributed by atoms with van der Waals surface area (Å²) in [6, 6.07) is 0. The van der Waals surface area contributed by atoms with E-state index in [0.717, 1.165) is 19.5 Å². The Morgan fingerprint density at radius 2 is 2.08 bits per heavy atom. The number of nitrogens with zero attached hydrogens (tertiary/aromatic N) is 1. The van der Waals surface area contributed by atoms with Crippen LogP contribution in [0.15, 0.2) is 0 Å². The maximum Gasteiger partial charge on any atom is 0.172 e. The van der Waals surface area contributed by atoms with Crippen molar-refractivity contribution in [2.45, 2.75) is 26.2 Å². The number of hydrogen-bond donors (Lipinski definition) is 0. The first-order chi connectivity index (χ1) is 6.33. The monoisotopic (exact) mass is 185 g/mol. The van der Waals surface area contributed by atoms with E-state index < -0.39 is 0 Å². The standard InChI is InChI=1S/C10H19NO2/c1-2-7-13-9-10(12)8-11-5-3-4-6-11/h2-9H2,1H3. The topological polar surface area (TPSA) is 29.5 Å². The maximum absolute atomic E-state index is 11.3. The molecule has 0 unspecified atom stereocenters. The Labute approximate surface area is 80.1 Å². The maximum atomic E-state index is 11.3. The molecule has 0 radical (unpaired) electrons. The van der Waals surface area contributed by atoms with Gasteiger partial charge < -0.3 is 4.74 Å². The van der Waals surface area contributed by atoms with Gasteiger partial charge in [-0.3, -0.25) is 9.69 Å². The molecule has 76 valence electrons. The molecule has 1 rings (SSSR count). The smallest absolute Gasteiger partial charge is 0.172 e. The highest BCUT2D eigenvalue weighted by Gasteiger charge is 2.14. The van der Waals surface area contributed by atoms with Gasteiger partial charge >= 0.3 is 0 Å². The van der Waals surface area contributed by atoms with Crippen LogP contribution in [0.2, 0.25) is 0 Å². The lowest BCUT2D eigenvalue weighted by atomic mass is 10.4. The second kappa shape index (κ2) is 6.11. The summed E-state index contributed by atoms with van der Waals surface area (Å²) in [5.74, 6) is 0.218. The first-order valence-electron chi connectivity index (χ1n) is 5.14. The van der Waals surface area contributed by atoms with E-state index in [0.29, 0.717) is 19.8 Å². The highest BCUT2D eigenvalue weighted by Crippen LogP contribution is 2.06. The fourth-order valence-electron chi connectivity index (χ4n) is 1.57. The van der Waals surface area contributed by atoms with Crippen LogP contribution in [-0.2, 0) is 9.53 Å². The predicted octanol–water partition coefficient (Wildman–Crippen LogP) is 1.08. The lowest BCUT2D eigenvalue weighted by Crippen LogP contribution is -2.29. The zero-order chi connectivity index (χ0) is 9.52. The third-order valence-corrected chi connectivity index (χ3v) is 2.21. The van der Waals surface area contributed by atoms with Gasteiger partial charge in [-0.1, -0.05) is 6.92 Å². The minimum Gasteiger partial charge on any atom is -0.374 e. The first kappa shape index (κ1) is 10.7. The Morgan fingerprint density at radius 1 is 1.38 bits per heavy atom. The molecule has 1 aliphatic heterocycles. The molecule has 3 nitrogen and oxygen atoms in total. The van der Waals surface area contributed by atoms with Gasteiger partial charge in [0, 0.05) is 6.61 Å². The molecule has 1 fully saturated rings. The van der Waals surface area contributed by atoms with E-state index in [-0.39, 0.29) is 5.78 Å². The molecular weight excluding hydrogens is 166 g/mol. The number of carbonyl (C=O) groups is 1. The van der Waals surface area contributed by atoms with E-state index in [1.807, 2.05) is 6.92 Å². The Bertz CT molecular complexity index is 153. The van der Waals surface area contributed by atoms with Crippen LogP contribution in [0.25, 0.3) is 0 Å². The van der Waals surface area contributed by atoms with Gasteiger partial charge in [-0.05, 0) is 32.4 Å². The summed E-state index contributed by atoms with van der Waals surface area (Å²) in [5, 5.41) is 0. The van der Waals surface area contributed by atoms with Gasteiger partial charge in [-0.2, -0.15) is 0 Å². The predicted molar refractivity (Wildman–Crippen MR) is 51.8 cm³/mol. The normalized spacial score (nSPS) is 17.9. The molecule has 0 aromatic rings. The largest absolute Gasteiger partial charge is 0.374 e. The minimum atomic E-state index is 0.218. The van der Waals surface area contributed by atoms with Crippen LogP contribution in [0.4, 0.5) is 0 Å². The molecule has 1 heterocycles. The summed E-state index contributed by atoms with van der Waals surface area (Å²) in [7, 11) is 0. The number of Topliss-reactive ketones (excluding diaryl/α,β-unsaturated/α-hetero) is 1. The average Bonchev–Trinajstić information content (AvgIpc) is 2.57. The van der Waals surface area contributed by atoms with Gasteiger partial charge in [0.25, 0.3) is 0 Å². The van der Waals surface area contributed by atoms with Gasteiger partial charge in [0.2, 0.25) is 0 Å². The lowest BCUT2D eigenvalue weighted by Gasteiger charge is -2.12. The molecule has 0 aromatic carbocycles. The van der Waals surface area contributed by atoms with E-state index in [1.54, 1.807) is 0 Å². The summed E-state index contributed by atoms with van der Waals surface area (Å²) < 4.78 is 5.18. The van der Waals surface area contributed by atoms with Crippen LogP contribution >= 0.6 is 0 Å². The van der Waals surface area contributed by atoms with Crippen LogP contribution in [-0.4, -0.2) is 43.5 Å². The molecule has 0 atom stereocenters. The molecule has 13 heavy (non-hydrogen) atoms. The number of hydrogen-bond acceptors (Lipinski definition) is 3. The molecule has 3 heteroatoms. The molecule has 1 saturated heterocycles. The van der Waals surface area contributed by atoms with Crippen molar-refractivity contribution in [3.63, 3.8) is 0 Å². The zero-order valence-corrected chi connectivity index (χ0v) is 8.42. The van der Waals surface area contributed by atoms with Crippen molar-refractivity contribution in [3.05, 3.63) is 0 Å². The number of ether oxygens (including phenoxy) is 1. The molecule has 1 aliphatic rings. The zero-order valence-electron chi connectivity index (χ0n) is 8.42. The van der Waals surface area contributed by atoms with Gasteiger partial charge in [-0.15, -0.1) is 0 Å². The number of carbonyl (C=O) groups excluding carboxylic acids is 1. The van der Waals surface area contributed by atoms with E-state index in [9.17, 15) is 4.79 Å². The highest BCUT2D eigenvalue weighted by atomic mass is 16.5. The fraction of sp³-hybridized carbons (Fsp3) is 0.900. The molecule has 0 spiro atoms. The van der Waals surface area contributed by atoms with Gasteiger partial charge in [0.15, 0.2) is 5.78 Å². The SMILES string of the molecule is CCCOCC(=O)CN1CCCC1. The highest BCUT2D eigenvalue weighted by molar-refractivity contribution is 5.81. The Kier molecular flexibility index (Phi) is 5.01. The van der Waals surface area contributed by atoms with Gasteiger partial charge in [0.05, 0.1) is 6.54 Å². The number of rotatable bonds is 6. The van der Waals surface area contributed by atoms with Gasteiger partial charge in [0.1, 0.15) is 6.61 Å². The van der Waals surface area contributed by atoms with Crippen LogP contribution in [0.5, 0.6) is 0 Å². The van der Waals surface area contributed by atoms with Crippen LogP contribution in [0.3, 0.4) is 0 Å². The molecule has 0 bridgehead atoms. The molecular formula is C10H19NO2. The van der Waals surface area contributed by atoms with Gasteiger partial charge in [-0.25, -0.2) is 0 Å². The minimum absolute atomic E-state index is 0.218. The summed E-state index contributed by atoms with van der Waals surface area (Å²) in [5.41, 5.74) is 0. The van der Waals surface area contributed by atoms with Crippen molar-refractivity contribution < 1.29 is 9.53 Å². The Morgan fingerprint density at radius 3 is 2.69 bits per heavy atom. The molecule has 0 aliphatic carbocycles. The Balaban J connectivity index is 2.02.